The number of ether oxygens (including phenoxy) is 4. The van der Waals surface area contributed by atoms with Crippen LogP contribution in [0.4, 0.5) is 0 Å². The van der Waals surface area contributed by atoms with Crippen molar-refractivity contribution in [1.29, 1.82) is 0 Å². The fourth-order valence-corrected chi connectivity index (χ4v) is 5.08. The second-order valence-corrected chi connectivity index (χ2v) is 9.74. The van der Waals surface area contributed by atoms with Crippen LogP contribution >= 0.6 is 11.3 Å². The third-order valence-corrected chi connectivity index (χ3v) is 7.01. The number of methoxy groups -OCH3 is 1. The molecule has 0 saturated carbocycles. The van der Waals surface area contributed by atoms with Crippen LogP contribution in [0.15, 0.2) is 54.2 Å². The number of fused-ring (bicyclic) bond motifs is 1. The number of hydrogen-bond acceptors (Lipinski definition) is 8. The van der Waals surface area contributed by atoms with Gasteiger partial charge in [0, 0.05) is 40.4 Å². The van der Waals surface area contributed by atoms with Gasteiger partial charge in [-0.2, -0.15) is 0 Å². The Morgan fingerprint density at radius 3 is 2.67 bits per heavy atom. The lowest BCUT2D eigenvalue weighted by molar-refractivity contribution is -0.143. The number of hydrogen-bond donors (Lipinski definition) is 0. The van der Waals surface area contributed by atoms with Gasteiger partial charge in [-0.05, 0) is 55.7 Å². The molecule has 3 heterocycles. The molecule has 0 aliphatic rings. The van der Waals surface area contributed by atoms with Crippen molar-refractivity contribution in [3.8, 4) is 34.7 Å². The summed E-state index contributed by atoms with van der Waals surface area (Å²) in [6, 6.07) is 12.0. The molecule has 0 unspecified atom stereocenters. The van der Waals surface area contributed by atoms with Gasteiger partial charge in [0.2, 0.25) is 5.88 Å². The highest BCUT2D eigenvalue weighted by Gasteiger charge is 2.16. The van der Waals surface area contributed by atoms with Gasteiger partial charge in [0.05, 0.1) is 37.4 Å². The third-order valence-electron chi connectivity index (χ3n) is 6.05. The van der Waals surface area contributed by atoms with Crippen molar-refractivity contribution in [2.45, 2.75) is 39.7 Å². The average molecular weight is 545 g/mol. The number of aromatic nitrogens is 2. The molecule has 39 heavy (non-hydrogen) atoms. The predicted molar refractivity (Wildman–Crippen MR) is 153 cm³/mol. The van der Waals surface area contributed by atoms with E-state index in [2.05, 4.69) is 40.4 Å². The van der Waals surface area contributed by atoms with Gasteiger partial charge in [0.1, 0.15) is 19.0 Å². The Kier molecular flexibility index (Phi) is 9.90. The zero-order valence-corrected chi connectivity index (χ0v) is 23.5. The number of esters is 1. The van der Waals surface area contributed by atoms with E-state index in [4.69, 9.17) is 23.9 Å². The SMILES string of the molecule is CC#C[C@@H](CC(=O)OCC)c1ccc(OCc2ccc3scc(-c4ncc(OCCOC)cc4C)c3c2)nc1. The minimum Gasteiger partial charge on any atom is -0.490 e. The zero-order chi connectivity index (χ0) is 27.6. The molecule has 3 aromatic heterocycles. The number of pyridine rings is 2. The summed E-state index contributed by atoms with van der Waals surface area (Å²) in [5, 5.41) is 3.27. The topological polar surface area (TPSA) is 79.8 Å². The van der Waals surface area contributed by atoms with E-state index in [1.54, 1.807) is 44.7 Å². The maximum Gasteiger partial charge on any atom is 0.307 e. The van der Waals surface area contributed by atoms with Crippen molar-refractivity contribution in [2.75, 3.05) is 26.9 Å². The maximum absolute atomic E-state index is 12.0. The Morgan fingerprint density at radius 1 is 1.08 bits per heavy atom. The molecule has 0 radical (unpaired) electrons. The normalized spacial score (nSPS) is 11.5. The Hall–Kier alpha value is -3.93. The van der Waals surface area contributed by atoms with Gasteiger partial charge in [-0.3, -0.25) is 9.78 Å². The Bertz CT molecular complexity index is 1470. The minimum absolute atomic E-state index is 0.192. The smallest absolute Gasteiger partial charge is 0.307 e. The molecule has 0 aliphatic heterocycles. The highest BCUT2D eigenvalue weighted by atomic mass is 32.1. The summed E-state index contributed by atoms with van der Waals surface area (Å²) in [5.74, 6) is 6.66. The summed E-state index contributed by atoms with van der Waals surface area (Å²) in [6.07, 6.45) is 3.66. The lowest BCUT2D eigenvalue weighted by Gasteiger charge is -2.12. The van der Waals surface area contributed by atoms with Crippen LogP contribution in [0.5, 0.6) is 11.6 Å². The molecule has 0 aliphatic carbocycles. The summed E-state index contributed by atoms with van der Waals surface area (Å²) in [6.45, 7) is 7.33. The molecular weight excluding hydrogens is 512 g/mol. The molecule has 0 spiro atoms. The van der Waals surface area contributed by atoms with Gasteiger partial charge >= 0.3 is 5.97 Å². The molecule has 1 atom stereocenters. The van der Waals surface area contributed by atoms with Crippen LogP contribution in [-0.2, 0) is 20.9 Å². The molecule has 0 N–H and O–H groups in total. The molecule has 202 valence electrons. The Balaban J connectivity index is 1.45. The van der Waals surface area contributed by atoms with Crippen LogP contribution in [0, 0.1) is 18.8 Å². The fourth-order valence-electron chi connectivity index (χ4n) is 4.16. The highest BCUT2D eigenvalue weighted by molar-refractivity contribution is 7.17. The van der Waals surface area contributed by atoms with Gasteiger partial charge in [-0.25, -0.2) is 4.98 Å². The van der Waals surface area contributed by atoms with Crippen LogP contribution in [0.1, 0.15) is 42.9 Å². The van der Waals surface area contributed by atoms with E-state index in [0.29, 0.717) is 32.3 Å². The molecule has 1 aromatic carbocycles. The molecule has 7 nitrogen and oxygen atoms in total. The first-order valence-corrected chi connectivity index (χ1v) is 13.7. The molecule has 4 rings (SSSR count). The molecule has 0 fully saturated rings. The monoisotopic (exact) mass is 544 g/mol. The highest BCUT2D eigenvalue weighted by Crippen LogP contribution is 2.36. The molecule has 0 bridgehead atoms. The van der Waals surface area contributed by atoms with E-state index in [-0.39, 0.29) is 18.3 Å². The first kappa shape index (κ1) is 28.1. The number of carbonyl (C=O) groups is 1. The number of nitrogens with zero attached hydrogens (tertiary/aromatic N) is 2. The zero-order valence-electron chi connectivity index (χ0n) is 22.7. The molecule has 4 aromatic rings. The van der Waals surface area contributed by atoms with E-state index < -0.39 is 0 Å². The quantitative estimate of drug-likeness (QED) is 0.117. The first-order chi connectivity index (χ1) is 19.0. The first-order valence-electron chi connectivity index (χ1n) is 12.8. The average Bonchev–Trinajstić information content (AvgIpc) is 3.35. The van der Waals surface area contributed by atoms with Crippen molar-refractivity contribution in [2.24, 2.45) is 0 Å². The molecule has 8 heteroatoms. The molecular formula is C31H32N2O5S. The summed E-state index contributed by atoms with van der Waals surface area (Å²) >= 11 is 1.69. The second kappa shape index (κ2) is 13.7. The number of thiophene rings is 1. The largest absolute Gasteiger partial charge is 0.490 e. The van der Waals surface area contributed by atoms with E-state index in [1.165, 1.54) is 4.70 Å². The minimum atomic E-state index is -0.273. The molecule has 0 amide bonds. The van der Waals surface area contributed by atoms with Crippen LogP contribution in [-0.4, -0.2) is 42.9 Å². The number of benzene rings is 1. The summed E-state index contributed by atoms with van der Waals surface area (Å²) in [5.41, 5.74) is 4.95. The number of aryl methyl sites for hydroxylation is 1. The van der Waals surface area contributed by atoms with E-state index in [0.717, 1.165) is 39.1 Å². The van der Waals surface area contributed by atoms with Gasteiger partial charge < -0.3 is 18.9 Å². The van der Waals surface area contributed by atoms with Gasteiger partial charge in [0.25, 0.3) is 0 Å². The lowest BCUT2D eigenvalue weighted by Crippen LogP contribution is -2.10. The number of rotatable bonds is 12. The van der Waals surface area contributed by atoms with Crippen LogP contribution in [0.3, 0.4) is 0 Å². The second-order valence-electron chi connectivity index (χ2n) is 8.83. The van der Waals surface area contributed by atoms with Crippen molar-refractivity contribution in [1.82, 2.24) is 9.97 Å². The Morgan fingerprint density at radius 2 is 1.95 bits per heavy atom. The summed E-state index contributed by atoms with van der Waals surface area (Å²) in [4.78, 5) is 21.1. The van der Waals surface area contributed by atoms with Crippen molar-refractivity contribution in [3.63, 3.8) is 0 Å². The van der Waals surface area contributed by atoms with E-state index >= 15 is 0 Å². The van der Waals surface area contributed by atoms with Crippen LogP contribution < -0.4 is 9.47 Å². The standard InChI is InChI=1S/C31H32N2O5S/c1-5-7-23(16-30(34)36-6-2)24-9-11-29(32-17-24)38-19-22-8-10-28-26(15-22)27(20-39-28)31-21(3)14-25(18-33-31)37-13-12-35-4/h8-11,14-15,17-18,20,23H,6,12-13,16,19H2,1-4H3/t23-/m0/s1. The summed E-state index contributed by atoms with van der Waals surface area (Å²) in [7, 11) is 1.65. The fraction of sp³-hybridized carbons (Fsp3) is 0.323. The number of carbonyl (C=O) groups excluding carboxylic acids is 1. The summed E-state index contributed by atoms with van der Waals surface area (Å²) < 4.78 is 23.0. The van der Waals surface area contributed by atoms with Crippen molar-refractivity contribution < 1.29 is 23.7 Å². The van der Waals surface area contributed by atoms with Gasteiger partial charge in [-0.1, -0.05) is 18.1 Å². The Labute approximate surface area is 233 Å². The van der Waals surface area contributed by atoms with Gasteiger partial charge in [0.15, 0.2) is 0 Å². The maximum atomic E-state index is 12.0. The van der Waals surface area contributed by atoms with Crippen LogP contribution in [0.25, 0.3) is 21.3 Å². The van der Waals surface area contributed by atoms with Gasteiger partial charge in [-0.15, -0.1) is 17.3 Å². The van der Waals surface area contributed by atoms with E-state index in [9.17, 15) is 4.79 Å². The van der Waals surface area contributed by atoms with Crippen LogP contribution in [0.2, 0.25) is 0 Å². The predicted octanol–water partition coefficient (Wildman–Crippen LogP) is 6.33. The third kappa shape index (κ3) is 7.34. The van der Waals surface area contributed by atoms with E-state index in [1.807, 2.05) is 25.1 Å². The van der Waals surface area contributed by atoms with Crippen molar-refractivity contribution >= 4 is 27.4 Å². The lowest BCUT2D eigenvalue weighted by atomic mass is 9.98. The molecule has 0 saturated heterocycles. The van der Waals surface area contributed by atoms with Crippen molar-refractivity contribution in [3.05, 3.63) is 70.9 Å².